The van der Waals surface area contributed by atoms with E-state index in [1.54, 1.807) is 4.90 Å². The first-order chi connectivity index (χ1) is 14.4. The number of amides is 2. The Kier molecular flexibility index (Phi) is 8.10. The highest BCUT2D eigenvalue weighted by molar-refractivity contribution is 5.97. The Balaban J connectivity index is 1.89. The number of carbonyl (C=O) groups is 2. The van der Waals surface area contributed by atoms with Gasteiger partial charge in [-0.05, 0) is 50.3 Å². The van der Waals surface area contributed by atoms with Crippen LogP contribution in [0.1, 0.15) is 55.5 Å². The van der Waals surface area contributed by atoms with E-state index in [4.69, 9.17) is 4.74 Å². The summed E-state index contributed by atoms with van der Waals surface area (Å²) in [5.41, 5.74) is 1.43. The van der Waals surface area contributed by atoms with Crippen LogP contribution in [-0.2, 0) is 11.3 Å². The molecular weight excluding hydrogens is 382 g/mol. The molecule has 0 saturated carbocycles. The summed E-state index contributed by atoms with van der Waals surface area (Å²) >= 11 is 0. The molecule has 7 nitrogen and oxygen atoms in total. The highest BCUT2D eigenvalue weighted by Crippen LogP contribution is 2.27. The molecule has 2 N–H and O–H groups in total. The zero-order valence-electron chi connectivity index (χ0n) is 18.2. The van der Waals surface area contributed by atoms with Gasteiger partial charge in [-0.2, -0.15) is 0 Å². The summed E-state index contributed by atoms with van der Waals surface area (Å²) < 4.78 is 6.09. The third-order valence-electron chi connectivity index (χ3n) is 5.69. The van der Waals surface area contributed by atoms with E-state index in [1.165, 1.54) is 0 Å². The van der Waals surface area contributed by atoms with Gasteiger partial charge in [0.1, 0.15) is 5.75 Å². The monoisotopic (exact) mass is 417 g/mol. The fourth-order valence-electron chi connectivity index (χ4n) is 3.81. The largest absolute Gasteiger partial charge is 0.493 e. The fourth-order valence-corrected chi connectivity index (χ4v) is 3.81. The molecule has 1 saturated heterocycles. The zero-order chi connectivity index (χ0) is 21.5. The van der Waals surface area contributed by atoms with Crippen molar-refractivity contribution in [3.8, 4) is 5.75 Å². The SMILES string of the molecule is CC(C)CCN1CC(=O)NCCCCCOc2cccc(C(=O)N3CC(O)C3)c2C1. The van der Waals surface area contributed by atoms with Crippen LogP contribution in [0, 0.1) is 5.92 Å². The molecule has 2 amide bonds. The number of hydrogen-bond donors (Lipinski definition) is 2. The molecule has 2 heterocycles. The number of nitrogens with zero attached hydrogens (tertiary/aromatic N) is 2. The van der Waals surface area contributed by atoms with Gasteiger partial charge in [0.15, 0.2) is 0 Å². The maximum absolute atomic E-state index is 13.1. The molecule has 0 aromatic heterocycles. The first kappa shape index (κ1) is 22.6. The fraction of sp³-hybridized carbons (Fsp3) is 0.652. The Labute approximate surface area is 179 Å². The molecule has 1 fully saturated rings. The van der Waals surface area contributed by atoms with Crippen LogP contribution in [0.4, 0.5) is 0 Å². The van der Waals surface area contributed by atoms with Crippen molar-refractivity contribution in [2.75, 3.05) is 39.3 Å². The lowest BCUT2D eigenvalue weighted by Gasteiger charge is -2.36. The summed E-state index contributed by atoms with van der Waals surface area (Å²) in [6, 6.07) is 5.59. The zero-order valence-corrected chi connectivity index (χ0v) is 18.2. The van der Waals surface area contributed by atoms with Crippen LogP contribution in [0.3, 0.4) is 0 Å². The van der Waals surface area contributed by atoms with Crippen LogP contribution < -0.4 is 10.1 Å². The second-order valence-electron chi connectivity index (χ2n) is 8.80. The lowest BCUT2D eigenvalue weighted by Crippen LogP contribution is -2.53. The Morgan fingerprint density at radius 2 is 2.03 bits per heavy atom. The molecule has 1 aromatic rings. The van der Waals surface area contributed by atoms with E-state index in [1.807, 2.05) is 18.2 Å². The van der Waals surface area contributed by atoms with Gasteiger partial charge in [-0.1, -0.05) is 19.9 Å². The Morgan fingerprint density at radius 3 is 2.77 bits per heavy atom. The maximum Gasteiger partial charge on any atom is 0.254 e. The molecule has 3 rings (SSSR count). The lowest BCUT2D eigenvalue weighted by molar-refractivity contribution is -0.122. The molecule has 0 radical (unpaired) electrons. The van der Waals surface area contributed by atoms with Gasteiger partial charge in [0, 0.05) is 37.3 Å². The topological polar surface area (TPSA) is 82.1 Å². The molecular formula is C23H35N3O4. The van der Waals surface area contributed by atoms with Crippen molar-refractivity contribution >= 4 is 11.8 Å². The predicted octanol–water partition coefficient (Wildman–Crippen LogP) is 2.03. The van der Waals surface area contributed by atoms with Gasteiger partial charge >= 0.3 is 0 Å². The number of rotatable bonds is 4. The Morgan fingerprint density at radius 1 is 1.23 bits per heavy atom. The number of carbonyl (C=O) groups excluding carboxylic acids is 2. The second-order valence-corrected chi connectivity index (χ2v) is 8.80. The van der Waals surface area contributed by atoms with Crippen molar-refractivity contribution in [3.63, 3.8) is 0 Å². The average Bonchev–Trinajstić information content (AvgIpc) is 2.70. The standard InChI is InChI=1S/C23H35N3O4/c1-17(2)9-11-25-15-20-19(23(29)26-13-18(27)14-26)7-6-8-21(20)30-12-5-3-4-10-24-22(28)16-25/h6-8,17-18,27H,3-5,9-16H2,1-2H3,(H,24,28). The van der Waals surface area contributed by atoms with Crippen LogP contribution in [-0.4, -0.2) is 72.2 Å². The molecule has 0 spiro atoms. The minimum absolute atomic E-state index is 0.0233. The molecule has 2 aliphatic heterocycles. The molecule has 2 aliphatic rings. The number of likely N-dealkylation sites (tertiary alicyclic amines) is 1. The third-order valence-corrected chi connectivity index (χ3v) is 5.69. The van der Waals surface area contributed by atoms with Gasteiger partial charge in [-0.15, -0.1) is 0 Å². The van der Waals surface area contributed by atoms with Crippen molar-refractivity contribution in [2.24, 2.45) is 5.92 Å². The molecule has 30 heavy (non-hydrogen) atoms. The minimum atomic E-state index is -0.440. The van der Waals surface area contributed by atoms with Crippen molar-refractivity contribution in [3.05, 3.63) is 29.3 Å². The normalized spacial score (nSPS) is 19.6. The molecule has 0 atom stereocenters. The predicted molar refractivity (Wildman–Crippen MR) is 115 cm³/mol. The van der Waals surface area contributed by atoms with Crippen LogP contribution in [0.15, 0.2) is 18.2 Å². The van der Waals surface area contributed by atoms with Gasteiger partial charge in [-0.3, -0.25) is 14.5 Å². The number of ether oxygens (including phenoxy) is 1. The molecule has 0 bridgehead atoms. The molecule has 0 aliphatic carbocycles. The van der Waals surface area contributed by atoms with E-state index in [0.29, 0.717) is 50.8 Å². The number of β-amino-alcohol motifs (C(OH)–C–C–N with tert-alkyl or cyclic N) is 1. The van der Waals surface area contributed by atoms with E-state index in [0.717, 1.165) is 43.5 Å². The van der Waals surface area contributed by atoms with E-state index in [-0.39, 0.29) is 11.8 Å². The number of nitrogens with one attached hydrogen (secondary N) is 1. The number of aliphatic hydroxyl groups excluding tert-OH is 1. The van der Waals surface area contributed by atoms with Crippen LogP contribution >= 0.6 is 0 Å². The first-order valence-electron chi connectivity index (χ1n) is 11.1. The maximum atomic E-state index is 13.1. The number of benzene rings is 1. The minimum Gasteiger partial charge on any atom is -0.493 e. The van der Waals surface area contributed by atoms with Crippen molar-refractivity contribution in [1.29, 1.82) is 0 Å². The van der Waals surface area contributed by atoms with E-state index in [2.05, 4.69) is 24.1 Å². The van der Waals surface area contributed by atoms with Crippen LogP contribution in [0.2, 0.25) is 0 Å². The number of hydrogen-bond acceptors (Lipinski definition) is 5. The van der Waals surface area contributed by atoms with Crippen LogP contribution in [0.25, 0.3) is 0 Å². The van der Waals surface area contributed by atoms with Crippen molar-refractivity contribution in [1.82, 2.24) is 15.1 Å². The third kappa shape index (κ3) is 6.19. The average molecular weight is 418 g/mol. The van der Waals surface area contributed by atoms with Gasteiger partial charge in [0.25, 0.3) is 5.91 Å². The smallest absolute Gasteiger partial charge is 0.254 e. The summed E-state index contributed by atoms with van der Waals surface area (Å²) in [6.45, 7) is 7.90. The molecule has 166 valence electrons. The molecule has 1 aromatic carbocycles. The summed E-state index contributed by atoms with van der Waals surface area (Å²) in [4.78, 5) is 29.3. The molecule has 7 heteroatoms. The summed E-state index contributed by atoms with van der Waals surface area (Å²) in [7, 11) is 0. The quantitative estimate of drug-likeness (QED) is 0.783. The van der Waals surface area contributed by atoms with Gasteiger partial charge in [0.05, 0.1) is 19.3 Å². The highest BCUT2D eigenvalue weighted by atomic mass is 16.5. The van der Waals surface area contributed by atoms with E-state index < -0.39 is 6.10 Å². The van der Waals surface area contributed by atoms with Crippen LogP contribution in [0.5, 0.6) is 5.75 Å². The summed E-state index contributed by atoms with van der Waals surface area (Å²) in [5.74, 6) is 1.18. The highest BCUT2D eigenvalue weighted by Gasteiger charge is 2.31. The Hall–Kier alpha value is -2.12. The van der Waals surface area contributed by atoms with Crippen molar-refractivity contribution in [2.45, 2.75) is 52.2 Å². The first-order valence-corrected chi connectivity index (χ1v) is 11.1. The van der Waals surface area contributed by atoms with E-state index >= 15 is 0 Å². The number of fused-ring (bicyclic) bond motifs is 1. The summed E-state index contributed by atoms with van der Waals surface area (Å²) in [5, 5.41) is 12.6. The summed E-state index contributed by atoms with van der Waals surface area (Å²) in [6.07, 6.45) is 3.35. The second kappa shape index (κ2) is 10.8. The Bertz CT molecular complexity index is 731. The van der Waals surface area contributed by atoms with Crippen molar-refractivity contribution < 1.29 is 19.4 Å². The van der Waals surface area contributed by atoms with Gasteiger partial charge < -0.3 is 20.1 Å². The lowest BCUT2D eigenvalue weighted by atomic mass is 10.0. The molecule has 0 unspecified atom stereocenters. The number of aliphatic hydroxyl groups is 1. The van der Waals surface area contributed by atoms with Gasteiger partial charge in [-0.25, -0.2) is 0 Å². The van der Waals surface area contributed by atoms with E-state index in [9.17, 15) is 14.7 Å². The van der Waals surface area contributed by atoms with Gasteiger partial charge in [0.2, 0.25) is 5.91 Å².